The molecule has 0 spiro atoms. The van der Waals surface area contributed by atoms with E-state index >= 15 is 0 Å². The molecule has 1 aliphatic carbocycles. The van der Waals surface area contributed by atoms with E-state index in [-0.39, 0.29) is 12.0 Å². The molecule has 1 saturated carbocycles. The number of carbonyl (C=O) groups is 1. The van der Waals surface area contributed by atoms with Crippen molar-refractivity contribution in [1.82, 2.24) is 15.0 Å². The van der Waals surface area contributed by atoms with Crippen LogP contribution in [0.2, 0.25) is 0 Å². The third-order valence-electron chi connectivity index (χ3n) is 4.98. The Balaban J connectivity index is 1.73. The molecule has 5 heteroatoms. The van der Waals surface area contributed by atoms with Crippen LogP contribution >= 0.6 is 0 Å². The van der Waals surface area contributed by atoms with Gasteiger partial charge in [0.15, 0.2) is 5.82 Å². The molecule has 0 radical (unpaired) electrons. The molecular formula is C17H27N3O2. The highest BCUT2D eigenvalue weighted by molar-refractivity contribution is 5.79. The summed E-state index contributed by atoms with van der Waals surface area (Å²) in [6, 6.07) is 0.00119. The molecule has 0 N–H and O–H groups in total. The van der Waals surface area contributed by atoms with Crippen LogP contribution in [0.15, 0.2) is 4.52 Å². The second kappa shape index (κ2) is 7.25. The first-order chi connectivity index (χ1) is 10.8. The van der Waals surface area contributed by atoms with Crippen LogP contribution in [-0.4, -0.2) is 27.5 Å². The van der Waals surface area contributed by atoms with Crippen LogP contribution in [0.1, 0.15) is 82.5 Å². The van der Waals surface area contributed by atoms with Crippen LogP contribution in [0, 0.1) is 5.92 Å². The van der Waals surface area contributed by atoms with Gasteiger partial charge in [0.2, 0.25) is 11.8 Å². The highest BCUT2D eigenvalue weighted by Crippen LogP contribution is 2.34. The molecule has 2 heterocycles. The molecule has 2 fully saturated rings. The molecule has 0 unspecified atom stereocenters. The Bertz CT molecular complexity index is 494. The first-order valence-electron chi connectivity index (χ1n) is 8.92. The van der Waals surface area contributed by atoms with Crippen molar-refractivity contribution < 1.29 is 9.32 Å². The van der Waals surface area contributed by atoms with E-state index in [9.17, 15) is 4.79 Å². The van der Waals surface area contributed by atoms with Crippen molar-refractivity contribution in [3.05, 3.63) is 11.7 Å². The molecule has 1 aliphatic heterocycles. The number of aromatic nitrogens is 2. The molecule has 0 bridgehead atoms. The molecule has 3 rings (SSSR count). The zero-order chi connectivity index (χ0) is 15.4. The van der Waals surface area contributed by atoms with Crippen molar-refractivity contribution in [2.75, 3.05) is 6.54 Å². The second-order valence-electron chi connectivity index (χ2n) is 6.68. The normalized spacial score (nSPS) is 23.7. The summed E-state index contributed by atoms with van der Waals surface area (Å²) in [4.78, 5) is 19.5. The standard InChI is InChI=1S/C17H27N3O2/c1-2-8-15-18-16(22-19-15)14-11-6-7-12-20(14)17(21)13-9-4-3-5-10-13/h13-14H,2-12H2,1H3/t14-/m0/s1. The summed E-state index contributed by atoms with van der Waals surface area (Å²) in [5.41, 5.74) is 0. The fourth-order valence-electron chi connectivity index (χ4n) is 3.76. The van der Waals surface area contributed by atoms with E-state index in [1.807, 2.05) is 4.90 Å². The largest absolute Gasteiger partial charge is 0.337 e. The van der Waals surface area contributed by atoms with Crippen LogP contribution in [0.4, 0.5) is 0 Å². The Morgan fingerprint density at radius 2 is 1.95 bits per heavy atom. The second-order valence-corrected chi connectivity index (χ2v) is 6.68. The molecule has 1 amide bonds. The van der Waals surface area contributed by atoms with Crippen LogP contribution in [-0.2, 0) is 11.2 Å². The maximum atomic E-state index is 12.9. The Labute approximate surface area is 132 Å². The van der Waals surface area contributed by atoms with Gasteiger partial charge in [-0.05, 0) is 38.5 Å². The maximum absolute atomic E-state index is 12.9. The predicted octanol–water partition coefficient (Wildman–Crippen LogP) is 3.66. The van der Waals surface area contributed by atoms with E-state index in [0.29, 0.717) is 11.8 Å². The Kier molecular flexibility index (Phi) is 5.11. The first kappa shape index (κ1) is 15.5. The third-order valence-corrected chi connectivity index (χ3v) is 4.98. The van der Waals surface area contributed by atoms with Crippen molar-refractivity contribution in [3.63, 3.8) is 0 Å². The van der Waals surface area contributed by atoms with Crippen molar-refractivity contribution in [3.8, 4) is 0 Å². The maximum Gasteiger partial charge on any atom is 0.249 e. The number of rotatable bonds is 4. The molecule has 1 saturated heterocycles. The molecule has 1 atom stereocenters. The third kappa shape index (κ3) is 3.33. The van der Waals surface area contributed by atoms with E-state index in [4.69, 9.17) is 4.52 Å². The van der Waals surface area contributed by atoms with Gasteiger partial charge in [-0.15, -0.1) is 0 Å². The summed E-state index contributed by atoms with van der Waals surface area (Å²) in [5, 5.41) is 4.06. The summed E-state index contributed by atoms with van der Waals surface area (Å²) < 4.78 is 5.47. The van der Waals surface area contributed by atoms with Gasteiger partial charge in [0.1, 0.15) is 6.04 Å². The molecule has 22 heavy (non-hydrogen) atoms. The monoisotopic (exact) mass is 305 g/mol. The average molecular weight is 305 g/mol. The lowest BCUT2D eigenvalue weighted by Gasteiger charge is -2.36. The molecule has 0 aromatic carbocycles. The highest BCUT2D eigenvalue weighted by atomic mass is 16.5. The molecule has 1 aromatic heterocycles. The Morgan fingerprint density at radius 3 is 2.73 bits per heavy atom. The highest BCUT2D eigenvalue weighted by Gasteiger charge is 2.35. The van der Waals surface area contributed by atoms with E-state index in [1.54, 1.807) is 0 Å². The van der Waals surface area contributed by atoms with Crippen LogP contribution in [0.25, 0.3) is 0 Å². The van der Waals surface area contributed by atoms with Crippen LogP contribution in [0.5, 0.6) is 0 Å². The minimum absolute atomic E-state index is 0.00119. The topological polar surface area (TPSA) is 59.2 Å². The SMILES string of the molecule is CCCc1noc([C@@H]2CCCCN2C(=O)C2CCCCC2)n1. The number of aryl methyl sites for hydroxylation is 1. The Hall–Kier alpha value is -1.39. The van der Waals surface area contributed by atoms with Gasteiger partial charge >= 0.3 is 0 Å². The fourth-order valence-corrected chi connectivity index (χ4v) is 3.76. The fraction of sp³-hybridized carbons (Fsp3) is 0.824. The van der Waals surface area contributed by atoms with Gasteiger partial charge in [0.25, 0.3) is 0 Å². The van der Waals surface area contributed by atoms with E-state index < -0.39 is 0 Å². The molecule has 5 nitrogen and oxygen atoms in total. The summed E-state index contributed by atoms with van der Waals surface area (Å²) >= 11 is 0. The molecule has 1 aromatic rings. The van der Waals surface area contributed by atoms with Crippen molar-refractivity contribution in [1.29, 1.82) is 0 Å². The Morgan fingerprint density at radius 1 is 1.18 bits per heavy atom. The van der Waals surface area contributed by atoms with Crippen molar-refractivity contribution in [2.45, 2.75) is 77.2 Å². The quantitative estimate of drug-likeness (QED) is 0.852. The van der Waals surface area contributed by atoms with Crippen molar-refractivity contribution in [2.24, 2.45) is 5.92 Å². The van der Waals surface area contributed by atoms with Gasteiger partial charge in [-0.1, -0.05) is 31.3 Å². The molecule has 122 valence electrons. The van der Waals surface area contributed by atoms with Crippen LogP contribution in [0.3, 0.4) is 0 Å². The first-order valence-corrected chi connectivity index (χ1v) is 8.92. The number of amides is 1. The number of piperidine rings is 1. The van der Waals surface area contributed by atoms with Crippen molar-refractivity contribution >= 4 is 5.91 Å². The smallest absolute Gasteiger partial charge is 0.249 e. The van der Waals surface area contributed by atoms with Gasteiger partial charge in [-0.25, -0.2) is 0 Å². The minimum atomic E-state index is 0.00119. The summed E-state index contributed by atoms with van der Waals surface area (Å²) in [6.07, 6.45) is 10.8. The van der Waals surface area contributed by atoms with E-state index in [2.05, 4.69) is 17.1 Å². The van der Waals surface area contributed by atoms with Gasteiger partial charge in [-0.2, -0.15) is 4.98 Å². The number of likely N-dealkylation sites (tertiary alicyclic amines) is 1. The number of hydrogen-bond acceptors (Lipinski definition) is 4. The minimum Gasteiger partial charge on any atom is -0.337 e. The lowest BCUT2D eigenvalue weighted by molar-refractivity contribution is -0.141. The molecule has 2 aliphatic rings. The van der Waals surface area contributed by atoms with E-state index in [1.165, 1.54) is 19.3 Å². The van der Waals surface area contributed by atoms with Gasteiger partial charge in [0.05, 0.1) is 0 Å². The predicted molar refractivity (Wildman–Crippen MR) is 83.2 cm³/mol. The molecular weight excluding hydrogens is 278 g/mol. The van der Waals surface area contributed by atoms with Gasteiger partial charge < -0.3 is 9.42 Å². The lowest BCUT2D eigenvalue weighted by Crippen LogP contribution is -2.42. The summed E-state index contributed by atoms with van der Waals surface area (Å²) in [6.45, 7) is 2.95. The summed E-state index contributed by atoms with van der Waals surface area (Å²) in [7, 11) is 0. The number of hydrogen-bond donors (Lipinski definition) is 0. The zero-order valence-corrected chi connectivity index (χ0v) is 13.6. The van der Waals surface area contributed by atoms with E-state index in [0.717, 1.165) is 57.3 Å². The average Bonchev–Trinajstić information content (AvgIpc) is 3.04. The van der Waals surface area contributed by atoms with Crippen LogP contribution < -0.4 is 0 Å². The number of nitrogens with zero attached hydrogens (tertiary/aromatic N) is 3. The van der Waals surface area contributed by atoms with Gasteiger partial charge in [-0.3, -0.25) is 4.79 Å². The summed E-state index contributed by atoms with van der Waals surface area (Å²) in [5.74, 6) is 1.95. The number of carbonyl (C=O) groups excluding carboxylic acids is 1. The zero-order valence-electron chi connectivity index (χ0n) is 13.6. The van der Waals surface area contributed by atoms with Gasteiger partial charge in [0, 0.05) is 18.9 Å². The lowest BCUT2D eigenvalue weighted by atomic mass is 9.87.